The second-order valence-electron chi connectivity index (χ2n) is 7.05. The lowest BCUT2D eigenvalue weighted by Gasteiger charge is -2.20. The van der Waals surface area contributed by atoms with Crippen LogP contribution in [0.5, 0.6) is 0 Å². The molecule has 1 aromatic rings. The van der Waals surface area contributed by atoms with E-state index in [-0.39, 0.29) is 17.8 Å². The van der Waals surface area contributed by atoms with Gasteiger partial charge < -0.3 is 10.1 Å². The number of hydrogen-bond donors (Lipinski definition) is 1. The van der Waals surface area contributed by atoms with E-state index in [9.17, 15) is 9.59 Å². The van der Waals surface area contributed by atoms with Crippen LogP contribution in [0.4, 0.5) is 5.00 Å². The van der Waals surface area contributed by atoms with Crippen molar-refractivity contribution in [3.05, 3.63) is 16.0 Å². The minimum absolute atomic E-state index is 0.114. The van der Waals surface area contributed by atoms with Gasteiger partial charge in [-0.1, -0.05) is 6.42 Å². The molecule has 124 valence electrons. The normalized spacial score (nSPS) is 28.0. The van der Waals surface area contributed by atoms with Crippen LogP contribution in [0.25, 0.3) is 0 Å². The fraction of sp³-hybridized carbons (Fsp3) is 0.667. The molecular formula is C18H23NO3S. The topological polar surface area (TPSA) is 55.4 Å². The van der Waals surface area contributed by atoms with Gasteiger partial charge in [0.05, 0.1) is 12.2 Å². The molecule has 3 aliphatic rings. The Kier molecular flexibility index (Phi) is 3.92. The van der Waals surface area contributed by atoms with Gasteiger partial charge in [-0.15, -0.1) is 11.3 Å². The maximum atomic E-state index is 12.7. The van der Waals surface area contributed by atoms with E-state index < -0.39 is 0 Å². The van der Waals surface area contributed by atoms with Gasteiger partial charge in [0.15, 0.2) is 0 Å². The number of anilines is 1. The minimum Gasteiger partial charge on any atom is -0.462 e. The average Bonchev–Trinajstić information content (AvgIpc) is 3.27. The number of aryl methyl sites for hydroxylation is 1. The molecule has 23 heavy (non-hydrogen) atoms. The quantitative estimate of drug-likeness (QED) is 0.853. The third-order valence-corrected chi connectivity index (χ3v) is 6.92. The van der Waals surface area contributed by atoms with E-state index in [2.05, 4.69) is 5.32 Å². The van der Waals surface area contributed by atoms with E-state index in [0.29, 0.717) is 18.1 Å². The van der Waals surface area contributed by atoms with Crippen molar-refractivity contribution in [2.45, 2.75) is 51.9 Å². The Labute approximate surface area is 140 Å². The minimum atomic E-state index is -0.282. The molecule has 5 heteroatoms. The maximum Gasteiger partial charge on any atom is 0.341 e. The molecule has 3 atom stereocenters. The molecule has 2 bridgehead atoms. The van der Waals surface area contributed by atoms with E-state index >= 15 is 0 Å². The van der Waals surface area contributed by atoms with Gasteiger partial charge in [-0.05, 0) is 62.8 Å². The van der Waals surface area contributed by atoms with Crippen molar-refractivity contribution in [1.29, 1.82) is 0 Å². The molecule has 2 fully saturated rings. The molecule has 3 aliphatic carbocycles. The first-order valence-corrected chi connectivity index (χ1v) is 9.61. The predicted octanol–water partition coefficient (Wildman–Crippen LogP) is 3.79. The molecule has 1 aromatic heterocycles. The lowest BCUT2D eigenvalue weighted by atomic mass is 9.88. The summed E-state index contributed by atoms with van der Waals surface area (Å²) in [6.45, 7) is 2.18. The number of carbonyl (C=O) groups is 2. The largest absolute Gasteiger partial charge is 0.462 e. The first-order chi connectivity index (χ1) is 11.2. The molecule has 1 heterocycles. The molecule has 1 amide bonds. The second-order valence-corrected chi connectivity index (χ2v) is 8.16. The highest BCUT2D eigenvalue weighted by Crippen LogP contribution is 2.49. The summed E-state index contributed by atoms with van der Waals surface area (Å²) in [6.07, 6.45) is 7.74. The molecule has 1 N–H and O–H groups in total. The smallest absolute Gasteiger partial charge is 0.341 e. The monoisotopic (exact) mass is 333 g/mol. The Morgan fingerprint density at radius 3 is 2.83 bits per heavy atom. The molecule has 2 saturated carbocycles. The third-order valence-electron chi connectivity index (χ3n) is 5.71. The average molecular weight is 333 g/mol. The Morgan fingerprint density at radius 1 is 1.26 bits per heavy atom. The van der Waals surface area contributed by atoms with Crippen LogP contribution in [0.15, 0.2) is 0 Å². The molecule has 4 nitrogen and oxygen atoms in total. The lowest BCUT2D eigenvalue weighted by Crippen LogP contribution is -2.27. The zero-order chi connectivity index (χ0) is 16.0. The molecule has 3 unspecified atom stereocenters. The standard InChI is InChI=1S/C18H23NO3S/c1-2-22-18(21)15-12-4-3-5-14(12)23-17(15)19-16(20)13-9-10-6-7-11(13)8-10/h10-11,13H,2-9H2,1H3,(H,19,20). The highest BCUT2D eigenvalue weighted by molar-refractivity contribution is 7.17. The number of nitrogens with one attached hydrogen (secondary N) is 1. The molecule has 0 spiro atoms. The zero-order valence-corrected chi connectivity index (χ0v) is 14.3. The van der Waals surface area contributed by atoms with Crippen molar-refractivity contribution in [3.63, 3.8) is 0 Å². The number of carbonyl (C=O) groups excluding carboxylic acids is 2. The first-order valence-electron chi connectivity index (χ1n) is 8.80. The van der Waals surface area contributed by atoms with E-state index in [0.717, 1.165) is 42.2 Å². The summed E-state index contributed by atoms with van der Waals surface area (Å²) in [7, 11) is 0. The molecular weight excluding hydrogens is 310 g/mol. The summed E-state index contributed by atoms with van der Waals surface area (Å²) in [6, 6.07) is 0. The maximum absolute atomic E-state index is 12.7. The van der Waals surface area contributed by atoms with E-state index in [1.54, 1.807) is 11.3 Å². The van der Waals surface area contributed by atoms with E-state index in [4.69, 9.17) is 4.74 Å². The Morgan fingerprint density at radius 2 is 2.13 bits per heavy atom. The lowest BCUT2D eigenvalue weighted by molar-refractivity contribution is -0.121. The summed E-state index contributed by atoms with van der Waals surface area (Å²) in [5, 5.41) is 3.81. The van der Waals surface area contributed by atoms with Crippen LogP contribution in [0.3, 0.4) is 0 Å². The number of ether oxygens (including phenoxy) is 1. The Hall–Kier alpha value is -1.36. The number of fused-ring (bicyclic) bond motifs is 3. The third kappa shape index (κ3) is 2.59. The van der Waals surface area contributed by atoms with Crippen LogP contribution in [-0.4, -0.2) is 18.5 Å². The Balaban J connectivity index is 1.56. The number of amides is 1. The van der Waals surface area contributed by atoms with Gasteiger partial charge in [-0.2, -0.15) is 0 Å². The van der Waals surface area contributed by atoms with Gasteiger partial charge in [0.25, 0.3) is 0 Å². The van der Waals surface area contributed by atoms with Crippen molar-refractivity contribution >= 4 is 28.2 Å². The predicted molar refractivity (Wildman–Crippen MR) is 89.9 cm³/mol. The summed E-state index contributed by atoms with van der Waals surface area (Å²) < 4.78 is 5.23. The van der Waals surface area contributed by atoms with E-state index in [1.165, 1.54) is 24.1 Å². The molecule has 0 radical (unpaired) electrons. The van der Waals surface area contributed by atoms with Gasteiger partial charge in [-0.25, -0.2) is 4.79 Å². The van der Waals surface area contributed by atoms with Gasteiger partial charge >= 0.3 is 5.97 Å². The molecule has 4 rings (SSSR count). The summed E-state index contributed by atoms with van der Waals surface area (Å²) in [4.78, 5) is 26.3. The second kappa shape index (κ2) is 5.93. The van der Waals surface area contributed by atoms with Crippen LogP contribution in [0.1, 0.15) is 59.8 Å². The fourth-order valence-electron chi connectivity index (χ4n) is 4.68. The number of esters is 1. The highest BCUT2D eigenvalue weighted by Gasteiger charge is 2.43. The molecule has 0 aromatic carbocycles. The summed E-state index contributed by atoms with van der Waals surface area (Å²) in [5.74, 6) is 1.27. The van der Waals surface area contributed by atoms with Gasteiger partial charge in [0.2, 0.25) is 5.91 Å². The fourth-order valence-corrected chi connectivity index (χ4v) is 5.96. The van der Waals surface area contributed by atoms with Crippen LogP contribution in [0.2, 0.25) is 0 Å². The van der Waals surface area contributed by atoms with Crippen LogP contribution in [-0.2, 0) is 22.4 Å². The van der Waals surface area contributed by atoms with Crippen LogP contribution >= 0.6 is 11.3 Å². The summed E-state index contributed by atoms with van der Waals surface area (Å²) >= 11 is 1.58. The van der Waals surface area contributed by atoms with Crippen LogP contribution < -0.4 is 5.32 Å². The van der Waals surface area contributed by atoms with Crippen molar-refractivity contribution in [3.8, 4) is 0 Å². The SMILES string of the molecule is CCOC(=O)c1c(NC(=O)C2CC3CCC2C3)sc2c1CCC2. The van der Waals surface area contributed by atoms with Gasteiger partial charge in [-0.3, -0.25) is 4.79 Å². The van der Waals surface area contributed by atoms with Crippen molar-refractivity contribution in [2.24, 2.45) is 17.8 Å². The van der Waals surface area contributed by atoms with Crippen LogP contribution in [0, 0.1) is 17.8 Å². The zero-order valence-electron chi connectivity index (χ0n) is 13.5. The van der Waals surface area contributed by atoms with Crippen molar-refractivity contribution < 1.29 is 14.3 Å². The number of rotatable bonds is 4. The Bertz CT molecular complexity index is 651. The van der Waals surface area contributed by atoms with Crippen molar-refractivity contribution in [2.75, 3.05) is 11.9 Å². The highest BCUT2D eigenvalue weighted by atomic mass is 32.1. The summed E-state index contributed by atoms with van der Waals surface area (Å²) in [5.41, 5.74) is 1.73. The molecule has 0 aliphatic heterocycles. The number of hydrogen-bond acceptors (Lipinski definition) is 4. The van der Waals surface area contributed by atoms with Gasteiger partial charge in [0, 0.05) is 10.8 Å². The van der Waals surface area contributed by atoms with Crippen molar-refractivity contribution in [1.82, 2.24) is 0 Å². The van der Waals surface area contributed by atoms with Gasteiger partial charge in [0.1, 0.15) is 5.00 Å². The van der Waals surface area contributed by atoms with E-state index in [1.807, 2.05) is 6.92 Å². The number of thiophene rings is 1. The molecule has 0 saturated heterocycles. The first kappa shape index (κ1) is 15.2.